The van der Waals surface area contributed by atoms with Gasteiger partial charge in [0.05, 0.1) is 24.0 Å². The molecule has 0 spiro atoms. The quantitative estimate of drug-likeness (QED) is 0.178. The van der Waals surface area contributed by atoms with Gasteiger partial charge in [0.15, 0.2) is 11.5 Å². The summed E-state index contributed by atoms with van der Waals surface area (Å²) in [4.78, 5) is 18.2. The van der Waals surface area contributed by atoms with Crippen LogP contribution >= 0.6 is 0 Å². The third-order valence-electron chi connectivity index (χ3n) is 9.41. The maximum absolute atomic E-state index is 9.71. The van der Waals surface area contributed by atoms with E-state index in [4.69, 9.17) is 16.5 Å². The number of fused-ring (bicyclic) bond motifs is 3. The van der Waals surface area contributed by atoms with Gasteiger partial charge in [-0.25, -0.2) is 14.8 Å². The van der Waals surface area contributed by atoms with Crippen LogP contribution < -0.4 is 0 Å². The molecule has 0 N–H and O–H groups in total. The molecule has 230 valence electrons. The Balaban J connectivity index is 1.33. The van der Waals surface area contributed by atoms with E-state index in [1.165, 1.54) is 0 Å². The van der Waals surface area contributed by atoms with Crippen molar-refractivity contribution in [3.63, 3.8) is 0 Å². The summed E-state index contributed by atoms with van der Waals surface area (Å²) in [5.74, 6) is 0.664. The molecule has 49 heavy (non-hydrogen) atoms. The summed E-state index contributed by atoms with van der Waals surface area (Å²) in [7, 11) is 0. The van der Waals surface area contributed by atoms with Crippen molar-refractivity contribution in [3.05, 3.63) is 168 Å². The second-order valence-electron chi connectivity index (χ2n) is 12.8. The van der Waals surface area contributed by atoms with Gasteiger partial charge < -0.3 is 0 Å². The van der Waals surface area contributed by atoms with Crippen molar-refractivity contribution in [2.45, 2.75) is 19.3 Å². The highest BCUT2D eigenvalue weighted by atomic mass is 14.9. The lowest BCUT2D eigenvalue weighted by Crippen LogP contribution is -2.15. The molecule has 0 amide bonds. The Kier molecular flexibility index (Phi) is 7.17. The Morgan fingerprint density at radius 2 is 1.22 bits per heavy atom. The molecule has 0 saturated heterocycles. The minimum Gasteiger partial charge on any atom is -0.265 e. The molecule has 0 unspecified atom stereocenters. The number of nitrogens with zero attached hydrogens (tertiary/aromatic N) is 5. The van der Waals surface area contributed by atoms with Crippen molar-refractivity contribution >= 4 is 5.69 Å². The topological polar surface area (TPSA) is 66.8 Å². The number of aromatic nitrogens is 3. The fraction of sp³-hybridized carbons (Fsp3) is 0.0682. The lowest BCUT2D eigenvalue weighted by Gasteiger charge is -2.22. The molecule has 2 aromatic heterocycles. The second-order valence-corrected chi connectivity index (χ2v) is 12.8. The molecule has 5 aromatic carbocycles. The summed E-state index contributed by atoms with van der Waals surface area (Å²) in [5.41, 5.74) is 13.6. The first-order chi connectivity index (χ1) is 23.9. The molecule has 2 heterocycles. The van der Waals surface area contributed by atoms with Gasteiger partial charge in [0, 0.05) is 40.1 Å². The maximum Gasteiger partial charge on any atom is 0.196 e. The van der Waals surface area contributed by atoms with E-state index in [9.17, 15) is 5.26 Å². The molecule has 0 saturated carbocycles. The molecular formula is C44H29N5. The van der Waals surface area contributed by atoms with E-state index < -0.39 is 0 Å². The minimum atomic E-state index is -0.389. The Bertz CT molecular complexity index is 2410. The van der Waals surface area contributed by atoms with Gasteiger partial charge in [-0.15, -0.1) is 0 Å². The average molecular weight is 628 g/mol. The number of rotatable bonds is 5. The summed E-state index contributed by atoms with van der Waals surface area (Å²) >= 11 is 0. The van der Waals surface area contributed by atoms with Crippen molar-refractivity contribution in [2.24, 2.45) is 0 Å². The Morgan fingerprint density at radius 1 is 0.592 bits per heavy atom. The largest absolute Gasteiger partial charge is 0.265 e. The smallest absolute Gasteiger partial charge is 0.196 e. The normalized spacial score (nSPS) is 12.4. The van der Waals surface area contributed by atoms with Gasteiger partial charge in [-0.1, -0.05) is 86.6 Å². The summed E-state index contributed by atoms with van der Waals surface area (Å²) < 4.78 is 0. The van der Waals surface area contributed by atoms with Crippen LogP contribution in [0.25, 0.3) is 72.1 Å². The number of nitriles is 1. The van der Waals surface area contributed by atoms with E-state index in [2.05, 4.69) is 84.3 Å². The molecule has 5 heteroatoms. The monoisotopic (exact) mass is 627 g/mol. The molecule has 1 aliphatic rings. The number of pyridine rings is 1. The highest BCUT2D eigenvalue weighted by Crippen LogP contribution is 2.53. The lowest BCUT2D eigenvalue weighted by atomic mass is 9.81. The Hall–Kier alpha value is -6.69. The zero-order valence-electron chi connectivity index (χ0n) is 27.0. The summed E-state index contributed by atoms with van der Waals surface area (Å²) in [5, 5.41) is 9.71. The van der Waals surface area contributed by atoms with Crippen LogP contribution in [-0.2, 0) is 5.41 Å². The summed E-state index contributed by atoms with van der Waals surface area (Å²) in [6.07, 6.45) is 3.62. The Morgan fingerprint density at radius 3 is 1.90 bits per heavy atom. The van der Waals surface area contributed by atoms with Crippen molar-refractivity contribution in [1.82, 2.24) is 15.0 Å². The summed E-state index contributed by atoms with van der Waals surface area (Å²) in [6, 6.07) is 45.4. The lowest BCUT2D eigenvalue weighted by molar-refractivity contribution is 0.660. The molecule has 5 nitrogen and oxygen atoms in total. The van der Waals surface area contributed by atoms with Gasteiger partial charge in [0.2, 0.25) is 0 Å². The molecule has 8 rings (SSSR count). The van der Waals surface area contributed by atoms with E-state index in [1.807, 2.05) is 79.1 Å². The van der Waals surface area contributed by atoms with Crippen LogP contribution in [0.2, 0.25) is 0 Å². The number of benzene rings is 5. The Labute approximate surface area is 285 Å². The number of hydrogen-bond donors (Lipinski definition) is 0. The van der Waals surface area contributed by atoms with E-state index in [0.29, 0.717) is 17.1 Å². The first kappa shape index (κ1) is 29.7. The first-order valence-electron chi connectivity index (χ1n) is 16.1. The van der Waals surface area contributed by atoms with E-state index in [1.54, 1.807) is 6.07 Å². The fourth-order valence-corrected chi connectivity index (χ4v) is 6.88. The van der Waals surface area contributed by atoms with Gasteiger partial charge in [-0.05, 0) is 99.1 Å². The van der Waals surface area contributed by atoms with Crippen LogP contribution in [0.5, 0.6) is 0 Å². The van der Waals surface area contributed by atoms with Crippen molar-refractivity contribution in [2.75, 3.05) is 0 Å². The fourth-order valence-electron chi connectivity index (χ4n) is 6.88. The molecule has 0 aliphatic heterocycles. The summed E-state index contributed by atoms with van der Waals surface area (Å²) in [6.45, 7) is 12.2. The maximum atomic E-state index is 9.71. The van der Waals surface area contributed by atoms with Gasteiger partial charge in [-0.2, -0.15) is 5.26 Å². The third kappa shape index (κ3) is 5.25. The SMILES string of the molecule is [C-]#[N+]c1cc(C#N)cc2c1-c1ccc(-c3cc(-c4ccncc4)cc(-c4cc(-c5ccccc5)nc(-c5ccccc5)n4)c3)cc1C2(C)C. The minimum absolute atomic E-state index is 0.389. The predicted octanol–water partition coefficient (Wildman–Crippen LogP) is 10.9. The van der Waals surface area contributed by atoms with Crippen molar-refractivity contribution in [3.8, 4) is 73.4 Å². The number of hydrogen-bond acceptors (Lipinski definition) is 4. The molecule has 1 aliphatic carbocycles. The zero-order chi connectivity index (χ0) is 33.5. The van der Waals surface area contributed by atoms with Crippen molar-refractivity contribution in [1.29, 1.82) is 5.26 Å². The molecule has 0 atom stereocenters. The van der Waals surface area contributed by atoms with Crippen molar-refractivity contribution < 1.29 is 0 Å². The molecule has 0 fully saturated rings. The van der Waals surface area contributed by atoms with Gasteiger partial charge >= 0.3 is 0 Å². The van der Waals surface area contributed by atoms with Crippen LogP contribution in [0.3, 0.4) is 0 Å². The predicted molar refractivity (Wildman–Crippen MR) is 196 cm³/mol. The van der Waals surface area contributed by atoms with E-state index >= 15 is 0 Å². The van der Waals surface area contributed by atoms with Crippen LogP contribution in [0, 0.1) is 17.9 Å². The van der Waals surface area contributed by atoms with E-state index in [-0.39, 0.29) is 5.41 Å². The zero-order valence-corrected chi connectivity index (χ0v) is 27.0. The molecule has 0 bridgehead atoms. The van der Waals surface area contributed by atoms with Gasteiger partial charge in [0.1, 0.15) is 0 Å². The highest BCUT2D eigenvalue weighted by Gasteiger charge is 2.37. The molecule has 7 aromatic rings. The van der Waals surface area contributed by atoms with Crippen LogP contribution in [0.15, 0.2) is 140 Å². The molecular weight excluding hydrogens is 599 g/mol. The van der Waals surface area contributed by atoms with Gasteiger partial charge in [0.25, 0.3) is 0 Å². The first-order valence-corrected chi connectivity index (χ1v) is 16.1. The second kappa shape index (κ2) is 11.8. The highest BCUT2D eigenvalue weighted by molar-refractivity contribution is 5.93. The standard InChI is InChI=1S/C44H29N5/c1-44(2)37-25-32(14-15-36(37)42-38(44)20-28(27-45)21-41(42)46-3)34-22-33(29-16-18-47-19-17-29)23-35(24-34)40-26-39(30-10-6-4-7-11-30)48-43(49-40)31-12-8-5-9-13-31/h4-26H,1-2H3. The average Bonchev–Trinajstić information content (AvgIpc) is 3.40. The molecule has 0 radical (unpaired) electrons. The van der Waals surface area contributed by atoms with E-state index in [0.717, 1.165) is 72.6 Å². The van der Waals surface area contributed by atoms with Crippen LogP contribution in [-0.4, -0.2) is 15.0 Å². The van der Waals surface area contributed by atoms with Gasteiger partial charge in [-0.3, -0.25) is 4.98 Å². The third-order valence-corrected chi connectivity index (χ3v) is 9.41. The van der Waals surface area contributed by atoms with Crippen LogP contribution in [0.4, 0.5) is 5.69 Å². The van der Waals surface area contributed by atoms with Crippen LogP contribution in [0.1, 0.15) is 30.5 Å².